The Morgan fingerprint density at radius 2 is 1.89 bits per heavy atom. The number of halogens is 4. The van der Waals surface area contributed by atoms with Crippen molar-refractivity contribution in [2.24, 2.45) is 5.92 Å². The third-order valence-electron chi connectivity index (χ3n) is 2.34. The molecule has 2 heterocycles. The Hall–Kier alpha value is 1.09. The number of rotatable bonds is 0. The van der Waals surface area contributed by atoms with E-state index in [1.54, 1.807) is 0 Å². The van der Waals surface area contributed by atoms with Crippen LogP contribution in [0.5, 0.6) is 0 Å². The first-order valence-corrected chi connectivity index (χ1v) is 17.2. The first-order valence-electron chi connectivity index (χ1n) is 5.90. The third-order valence-corrected chi connectivity index (χ3v) is 2.34. The van der Waals surface area contributed by atoms with Crippen LogP contribution in [0.25, 0.3) is 10.6 Å². The summed E-state index contributed by atoms with van der Waals surface area (Å²) in [4.78, 5) is 0. The summed E-state index contributed by atoms with van der Waals surface area (Å²) >= 11 is -3.06. The quantitative estimate of drug-likeness (QED) is 0.349. The summed E-state index contributed by atoms with van der Waals surface area (Å²) in [5, 5.41) is 8.27. The average molecular weight is 529 g/mol. The van der Waals surface area contributed by atoms with Crippen molar-refractivity contribution >= 4 is 37.7 Å². The van der Waals surface area contributed by atoms with Crippen LogP contribution in [0, 0.1) is 5.92 Å². The van der Waals surface area contributed by atoms with Crippen molar-refractivity contribution in [2.45, 2.75) is 26.7 Å². The van der Waals surface area contributed by atoms with Crippen molar-refractivity contribution in [3.63, 3.8) is 0 Å². The van der Waals surface area contributed by atoms with Crippen LogP contribution in [0.15, 0.2) is 23.9 Å². The maximum atomic E-state index is 5.01. The molecule has 0 radical (unpaired) electrons. The third kappa shape index (κ3) is 19.1. The van der Waals surface area contributed by atoms with E-state index in [4.69, 9.17) is 37.7 Å². The molecule has 1 unspecified atom stereocenters. The Kier molecular flexibility index (Phi) is 12.4. The Morgan fingerprint density at radius 1 is 1.26 bits per heavy atom. The van der Waals surface area contributed by atoms with Gasteiger partial charge in [0.15, 0.2) is 0 Å². The van der Waals surface area contributed by atoms with Crippen molar-refractivity contribution in [3.8, 4) is 0 Å². The standard InChI is InChI=1S/C6H12N.C6H8N.4ClH.Pt/c2*1-6-3-2-4-7-5-6;;;;;/h6H,2-5H2,1H3;2-3,5H,4H2,1H3;4*1H;/q2*-1;;;;;+6/p-4. The molecule has 0 bridgehead atoms. The van der Waals surface area contributed by atoms with Crippen LogP contribution < -0.4 is 0 Å². The maximum absolute atomic E-state index is 5.01. The van der Waals surface area contributed by atoms with E-state index in [-0.39, 0.29) is 0 Å². The molecule has 0 aromatic heterocycles. The summed E-state index contributed by atoms with van der Waals surface area (Å²) in [7, 11) is 20.0. The van der Waals surface area contributed by atoms with Crippen LogP contribution in [0.3, 0.4) is 0 Å². The van der Waals surface area contributed by atoms with Gasteiger partial charge in [0.05, 0.1) is 0 Å². The SMILES string of the molecule is CC1=C[N-]CC=C1.CC1CCC[N-]C1.[Cl][Pt+2]([Cl])([Cl])[Cl]. The first-order chi connectivity index (χ1) is 8.79. The predicted molar refractivity (Wildman–Crippen MR) is 86.0 cm³/mol. The van der Waals surface area contributed by atoms with E-state index in [0.29, 0.717) is 0 Å². The fraction of sp³-hybridized carbons (Fsp3) is 0.667. The van der Waals surface area contributed by atoms with Gasteiger partial charge in [-0.3, -0.25) is 0 Å². The zero-order chi connectivity index (χ0) is 14.7. The van der Waals surface area contributed by atoms with Gasteiger partial charge in [0.1, 0.15) is 0 Å². The second-order valence-electron chi connectivity index (χ2n) is 4.29. The van der Waals surface area contributed by atoms with Gasteiger partial charge < -0.3 is 10.6 Å². The van der Waals surface area contributed by atoms with Crippen molar-refractivity contribution in [3.05, 3.63) is 34.6 Å². The molecular weight excluding hydrogens is 509 g/mol. The molecule has 0 spiro atoms. The van der Waals surface area contributed by atoms with Gasteiger partial charge in [0.25, 0.3) is 0 Å². The van der Waals surface area contributed by atoms with Gasteiger partial charge in [-0.1, -0.05) is 37.3 Å². The monoisotopic (exact) mass is 527 g/mol. The second-order valence-corrected chi connectivity index (χ2v) is 24.0. The van der Waals surface area contributed by atoms with Crippen LogP contribution in [-0.4, -0.2) is 19.6 Å². The van der Waals surface area contributed by atoms with E-state index >= 15 is 0 Å². The molecule has 1 atom stereocenters. The summed E-state index contributed by atoms with van der Waals surface area (Å²) in [5.41, 5.74) is 1.24. The van der Waals surface area contributed by atoms with E-state index in [1.807, 2.05) is 13.1 Å². The van der Waals surface area contributed by atoms with Gasteiger partial charge in [-0.2, -0.15) is 6.20 Å². The van der Waals surface area contributed by atoms with Crippen LogP contribution in [0.2, 0.25) is 0 Å². The van der Waals surface area contributed by atoms with Gasteiger partial charge in [-0.05, 0) is 6.92 Å². The fourth-order valence-electron chi connectivity index (χ4n) is 1.49. The van der Waals surface area contributed by atoms with Crippen LogP contribution >= 0.6 is 37.7 Å². The van der Waals surface area contributed by atoms with E-state index in [1.165, 1.54) is 18.4 Å². The summed E-state index contributed by atoms with van der Waals surface area (Å²) in [5.74, 6) is 0.869. The van der Waals surface area contributed by atoms with E-state index in [2.05, 4.69) is 29.7 Å². The van der Waals surface area contributed by atoms with Crippen LogP contribution in [0.4, 0.5) is 0 Å². The number of nitrogens with zero attached hydrogens (tertiary/aromatic N) is 2. The summed E-state index contributed by atoms with van der Waals surface area (Å²) in [6, 6.07) is 0. The summed E-state index contributed by atoms with van der Waals surface area (Å²) in [6.45, 7) is 7.39. The van der Waals surface area contributed by atoms with Gasteiger partial charge in [0, 0.05) is 0 Å². The molecular formula is C12H20Cl4N2Pt. The second kappa shape index (κ2) is 11.7. The van der Waals surface area contributed by atoms with Crippen LogP contribution in [0.1, 0.15) is 26.7 Å². The molecule has 0 aliphatic carbocycles. The summed E-state index contributed by atoms with van der Waals surface area (Å²) < 4.78 is 0. The van der Waals surface area contributed by atoms with Gasteiger partial charge in [-0.25, -0.2) is 0 Å². The molecule has 0 aromatic rings. The molecule has 0 amide bonds. The van der Waals surface area contributed by atoms with Crippen molar-refractivity contribution in [1.29, 1.82) is 0 Å². The molecule has 2 aliphatic heterocycles. The van der Waals surface area contributed by atoms with Crippen molar-refractivity contribution in [1.82, 2.24) is 0 Å². The molecule has 1 saturated heterocycles. The molecule has 0 aromatic carbocycles. The zero-order valence-electron chi connectivity index (χ0n) is 11.1. The molecule has 0 saturated carbocycles. The Bertz CT molecular complexity index is 278. The van der Waals surface area contributed by atoms with Crippen molar-refractivity contribution in [2.75, 3.05) is 19.6 Å². The minimum absolute atomic E-state index is 0.858. The van der Waals surface area contributed by atoms with E-state index in [9.17, 15) is 0 Å². The van der Waals surface area contributed by atoms with Gasteiger partial charge in [-0.15, -0.1) is 25.7 Å². The fourth-order valence-corrected chi connectivity index (χ4v) is 1.49. The molecule has 7 heteroatoms. The topological polar surface area (TPSA) is 28.2 Å². The average Bonchev–Trinajstić information content (AvgIpc) is 2.29. The molecule has 2 aliphatic rings. The van der Waals surface area contributed by atoms with Crippen LogP contribution in [-0.2, 0) is 11.9 Å². The molecule has 116 valence electrons. The van der Waals surface area contributed by atoms with Gasteiger partial charge >= 0.3 is 49.6 Å². The first kappa shape index (κ1) is 20.1. The molecule has 1 fully saturated rings. The number of piperidine rings is 1. The Labute approximate surface area is 135 Å². The summed E-state index contributed by atoms with van der Waals surface area (Å²) in [6.07, 6.45) is 8.73. The molecule has 2 nitrogen and oxygen atoms in total. The van der Waals surface area contributed by atoms with Crippen molar-refractivity contribution < 1.29 is 11.9 Å². The molecule has 19 heavy (non-hydrogen) atoms. The molecule has 2 rings (SSSR count). The predicted octanol–water partition coefficient (Wildman–Crippen LogP) is 6.38. The Morgan fingerprint density at radius 3 is 2.11 bits per heavy atom. The minimum atomic E-state index is -3.06. The number of allylic oxidation sites excluding steroid dienone is 2. The number of hydrogen-bond donors (Lipinski definition) is 0. The Balaban J connectivity index is 0.000000261. The number of hydrogen-bond acceptors (Lipinski definition) is 0. The normalized spacial score (nSPS) is 22.8. The van der Waals surface area contributed by atoms with E-state index in [0.717, 1.165) is 25.6 Å². The molecule has 0 N–H and O–H groups in total. The zero-order valence-corrected chi connectivity index (χ0v) is 16.4. The van der Waals surface area contributed by atoms with E-state index < -0.39 is 11.9 Å². The van der Waals surface area contributed by atoms with Gasteiger partial charge in [0.2, 0.25) is 0 Å².